The number of nitrogens with one attached hydrogen (secondary N) is 1. The molecule has 5 heteroatoms. The van der Waals surface area contributed by atoms with Crippen LogP contribution >= 0.6 is 0 Å². The number of hydrogen-bond acceptors (Lipinski definition) is 3. The Morgan fingerprint density at radius 3 is 1.87 bits per heavy atom. The van der Waals surface area contributed by atoms with Gasteiger partial charge in [0, 0.05) is 6.04 Å². The van der Waals surface area contributed by atoms with Crippen LogP contribution in [0.5, 0.6) is 5.75 Å². The van der Waals surface area contributed by atoms with Crippen molar-refractivity contribution in [3.63, 3.8) is 0 Å². The molecule has 0 heterocycles. The van der Waals surface area contributed by atoms with E-state index in [1.54, 1.807) is 19.2 Å². The third-order valence-electron chi connectivity index (χ3n) is 3.80. The fourth-order valence-electron chi connectivity index (χ4n) is 2.29. The molecule has 2 rings (SSSR count). The molecule has 0 aliphatic rings. The van der Waals surface area contributed by atoms with Crippen molar-refractivity contribution >= 4 is 10.0 Å². The third kappa shape index (κ3) is 4.33. The molecule has 0 radical (unpaired) electrons. The van der Waals surface area contributed by atoms with Crippen molar-refractivity contribution in [1.29, 1.82) is 0 Å². The van der Waals surface area contributed by atoms with E-state index in [4.69, 9.17) is 4.74 Å². The van der Waals surface area contributed by atoms with Gasteiger partial charge in [0.1, 0.15) is 5.75 Å². The van der Waals surface area contributed by atoms with Gasteiger partial charge in [-0.3, -0.25) is 0 Å². The molecule has 0 amide bonds. The Morgan fingerprint density at radius 2 is 1.39 bits per heavy atom. The Kier molecular flexibility index (Phi) is 5.44. The summed E-state index contributed by atoms with van der Waals surface area (Å²) >= 11 is 0. The van der Waals surface area contributed by atoms with Crippen molar-refractivity contribution in [1.82, 2.24) is 4.72 Å². The topological polar surface area (TPSA) is 55.4 Å². The van der Waals surface area contributed by atoms with Gasteiger partial charge in [-0.15, -0.1) is 0 Å². The average Bonchev–Trinajstić information content (AvgIpc) is 2.54. The summed E-state index contributed by atoms with van der Waals surface area (Å²) in [7, 11) is -2.02. The first kappa shape index (κ1) is 17.5. The van der Waals surface area contributed by atoms with Crippen LogP contribution in [0, 0.1) is 0 Å². The van der Waals surface area contributed by atoms with E-state index in [0.29, 0.717) is 11.7 Å². The monoisotopic (exact) mass is 333 g/mol. The summed E-state index contributed by atoms with van der Waals surface area (Å²) in [6.07, 6.45) is 0. The van der Waals surface area contributed by atoms with Crippen LogP contribution in [0.3, 0.4) is 0 Å². The van der Waals surface area contributed by atoms with E-state index < -0.39 is 10.0 Å². The molecule has 2 aromatic rings. The van der Waals surface area contributed by atoms with E-state index in [1.165, 1.54) is 17.7 Å². The average molecular weight is 333 g/mol. The molecule has 124 valence electrons. The summed E-state index contributed by atoms with van der Waals surface area (Å²) in [5, 5.41) is 0. The highest BCUT2D eigenvalue weighted by atomic mass is 32.2. The van der Waals surface area contributed by atoms with Crippen molar-refractivity contribution in [3.05, 3.63) is 59.7 Å². The van der Waals surface area contributed by atoms with Gasteiger partial charge in [-0.1, -0.05) is 38.1 Å². The Morgan fingerprint density at radius 1 is 0.870 bits per heavy atom. The van der Waals surface area contributed by atoms with Gasteiger partial charge in [0.05, 0.1) is 12.0 Å². The zero-order chi connectivity index (χ0) is 17.0. The second-order valence-electron chi connectivity index (χ2n) is 5.84. The number of benzene rings is 2. The van der Waals surface area contributed by atoms with Gasteiger partial charge >= 0.3 is 0 Å². The van der Waals surface area contributed by atoms with Crippen LogP contribution in [0.15, 0.2) is 53.4 Å². The van der Waals surface area contributed by atoms with Gasteiger partial charge in [-0.2, -0.15) is 0 Å². The summed E-state index contributed by atoms with van der Waals surface area (Å²) < 4.78 is 32.6. The van der Waals surface area contributed by atoms with Crippen LogP contribution in [0.1, 0.15) is 43.9 Å². The quantitative estimate of drug-likeness (QED) is 0.873. The molecule has 0 saturated carbocycles. The minimum absolute atomic E-state index is 0.226. The maximum absolute atomic E-state index is 12.4. The molecule has 4 nitrogen and oxygen atoms in total. The minimum Gasteiger partial charge on any atom is -0.497 e. The lowest BCUT2D eigenvalue weighted by Crippen LogP contribution is -2.26. The van der Waals surface area contributed by atoms with E-state index in [-0.39, 0.29) is 10.9 Å². The van der Waals surface area contributed by atoms with Gasteiger partial charge in [0.25, 0.3) is 0 Å². The van der Waals surface area contributed by atoms with Crippen LogP contribution in [-0.4, -0.2) is 15.5 Å². The molecule has 0 aliphatic carbocycles. The second-order valence-corrected chi connectivity index (χ2v) is 7.55. The lowest BCUT2D eigenvalue weighted by Gasteiger charge is -2.16. The van der Waals surface area contributed by atoms with E-state index in [1.807, 2.05) is 31.2 Å². The molecule has 0 aliphatic heterocycles. The van der Waals surface area contributed by atoms with E-state index in [0.717, 1.165) is 5.56 Å². The normalized spacial score (nSPS) is 13.1. The van der Waals surface area contributed by atoms with Crippen molar-refractivity contribution < 1.29 is 13.2 Å². The summed E-state index contributed by atoms with van der Waals surface area (Å²) in [6.45, 7) is 6.10. The lowest BCUT2D eigenvalue weighted by molar-refractivity contribution is 0.414. The summed E-state index contributed by atoms with van der Waals surface area (Å²) in [4.78, 5) is 0.226. The Labute approximate surface area is 138 Å². The van der Waals surface area contributed by atoms with Gasteiger partial charge in [-0.25, -0.2) is 13.1 Å². The van der Waals surface area contributed by atoms with Crippen molar-refractivity contribution in [3.8, 4) is 5.75 Å². The van der Waals surface area contributed by atoms with Crippen molar-refractivity contribution in [2.24, 2.45) is 0 Å². The van der Waals surface area contributed by atoms with Crippen LogP contribution in [0.4, 0.5) is 0 Å². The predicted molar refractivity (Wildman–Crippen MR) is 92.3 cm³/mol. The van der Waals surface area contributed by atoms with Gasteiger partial charge in [-0.05, 0) is 48.2 Å². The van der Waals surface area contributed by atoms with E-state index >= 15 is 0 Å². The first-order valence-electron chi connectivity index (χ1n) is 7.59. The summed E-state index contributed by atoms with van der Waals surface area (Å²) in [6, 6.07) is 14.1. The number of rotatable bonds is 6. The maximum atomic E-state index is 12.4. The molecule has 1 N–H and O–H groups in total. The van der Waals surface area contributed by atoms with Gasteiger partial charge in [0.15, 0.2) is 0 Å². The maximum Gasteiger partial charge on any atom is 0.241 e. The standard InChI is InChI=1S/C18H23NO3S/c1-13(2)15-5-7-16(8-6-15)14(3)19-23(20,21)18-11-9-17(22-4)10-12-18/h5-14,19H,1-4H3. The number of methoxy groups -OCH3 is 1. The highest BCUT2D eigenvalue weighted by Crippen LogP contribution is 2.21. The predicted octanol–water partition coefficient (Wildman–Crippen LogP) is 3.86. The van der Waals surface area contributed by atoms with Crippen LogP contribution < -0.4 is 9.46 Å². The second kappa shape index (κ2) is 7.15. The highest BCUT2D eigenvalue weighted by molar-refractivity contribution is 7.89. The fourth-order valence-corrected chi connectivity index (χ4v) is 3.53. The van der Waals surface area contributed by atoms with E-state index in [2.05, 4.69) is 18.6 Å². The molecular formula is C18H23NO3S. The Bertz CT molecular complexity index is 735. The fraction of sp³-hybridized carbons (Fsp3) is 0.333. The van der Waals surface area contributed by atoms with Crippen molar-refractivity contribution in [2.45, 2.75) is 37.6 Å². The molecule has 1 atom stereocenters. The van der Waals surface area contributed by atoms with Gasteiger partial charge < -0.3 is 4.74 Å². The van der Waals surface area contributed by atoms with Crippen LogP contribution in [0.25, 0.3) is 0 Å². The molecular weight excluding hydrogens is 310 g/mol. The first-order valence-corrected chi connectivity index (χ1v) is 9.08. The third-order valence-corrected chi connectivity index (χ3v) is 5.36. The lowest BCUT2D eigenvalue weighted by atomic mass is 10.00. The Balaban J connectivity index is 2.15. The summed E-state index contributed by atoms with van der Waals surface area (Å²) in [5.74, 6) is 1.08. The smallest absolute Gasteiger partial charge is 0.241 e. The molecule has 0 spiro atoms. The SMILES string of the molecule is COc1ccc(S(=O)(=O)NC(C)c2ccc(C(C)C)cc2)cc1. The zero-order valence-electron chi connectivity index (χ0n) is 13.9. The van der Waals surface area contributed by atoms with Crippen LogP contribution in [-0.2, 0) is 10.0 Å². The highest BCUT2D eigenvalue weighted by Gasteiger charge is 2.18. The largest absolute Gasteiger partial charge is 0.497 e. The molecule has 0 bridgehead atoms. The first-order chi connectivity index (χ1) is 10.8. The molecule has 0 saturated heterocycles. The minimum atomic E-state index is -3.56. The number of sulfonamides is 1. The molecule has 23 heavy (non-hydrogen) atoms. The molecule has 1 unspecified atom stereocenters. The number of ether oxygens (including phenoxy) is 1. The molecule has 0 fully saturated rings. The van der Waals surface area contributed by atoms with Crippen LogP contribution in [0.2, 0.25) is 0 Å². The Hall–Kier alpha value is -1.85. The number of hydrogen-bond donors (Lipinski definition) is 1. The van der Waals surface area contributed by atoms with Crippen molar-refractivity contribution in [2.75, 3.05) is 7.11 Å². The van der Waals surface area contributed by atoms with E-state index in [9.17, 15) is 8.42 Å². The summed E-state index contributed by atoms with van der Waals surface area (Å²) in [5.41, 5.74) is 2.17. The van der Waals surface area contributed by atoms with Gasteiger partial charge in [0.2, 0.25) is 10.0 Å². The molecule has 2 aromatic carbocycles. The zero-order valence-corrected chi connectivity index (χ0v) is 14.7. The molecule has 0 aromatic heterocycles.